The van der Waals surface area contributed by atoms with Crippen molar-refractivity contribution in [3.8, 4) is 0 Å². The lowest BCUT2D eigenvalue weighted by atomic mass is 10.1. The number of anilines is 2. The smallest absolute Gasteiger partial charge is 0.257 e. The zero-order valence-electron chi connectivity index (χ0n) is 9.58. The minimum Gasteiger partial charge on any atom is -0.396 e. The van der Waals surface area contributed by atoms with E-state index in [1.54, 1.807) is 18.2 Å². The van der Waals surface area contributed by atoms with Gasteiger partial charge in [0.25, 0.3) is 5.91 Å². The van der Waals surface area contributed by atoms with Crippen molar-refractivity contribution in [2.45, 2.75) is 0 Å². The fraction of sp³-hybridized carbons (Fsp3) is 0. The van der Waals surface area contributed by atoms with Crippen molar-refractivity contribution in [1.82, 2.24) is 0 Å². The SMILES string of the molecule is Nc1c(F)cccc1C(=O)Nc1ccc(I)cc1Cl. The van der Waals surface area contributed by atoms with Crippen LogP contribution in [-0.2, 0) is 0 Å². The van der Waals surface area contributed by atoms with Gasteiger partial charge in [0.2, 0.25) is 0 Å². The molecule has 3 nitrogen and oxygen atoms in total. The molecule has 3 N–H and O–H groups in total. The Morgan fingerprint density at radius 2 is 2.05 bits per heavy atom. The maximum atomic E-state index is 13.3. The first-order valence-electron chi connectivity index (χ1n) is 5.29. The van der Waals surface area contributed by atoms with Crippen LogP contribution in [0, 0.1) is 9.39 Å². The fourth-order valence-corrected chi connectivity index (χ4v) is 2.42. The summed E-state index contributed by atoms with van der Waals surface area (Å²) in [5.41, 5.74) is 5.88. The topological polar surface area (TPSA) is 55.1 Å². The van der Waals surface area contributed by atoms with Crippen LogP contribution in [0.5, 0.6) is 0 Å². The summed E-state index contributed by atoms with van der Waals surface area (Å²) in [6.45, 7) is 0. The average Bonchev–Trinajstić information content (AvgIpc) is 2.36. The predicted molar refractivity (Wildman–Crippen MR) is 82.9 cm³/mol. The summed E-state index contributed by atoms with van der Waals surface area (Å²) < 4.78 is 14.2. The monoisotopic (exact) mass is 390 g/mol. The van der Waals surface area contributed by atoms with E-state index in [2.05, 4.69) is 27.9 Å². The van der Waals surface area contributed by atoms with E-state index in [-0.39, 0.29) is 11.3 Å². The molecule has 98 valence electrons. The second-order valence-electron chi connectivity index (χ2n) is 3.78. The maximum Gasteiger partial charge on any atom is 0.257 e. The minimum atomic E-state index is -0.624. The molecule has 0 heterocycles. The van der Waals surface area contributed by atoms with Gasteiger partial charge in [-0.1, -0.05) is 17.7 Å². The molecule has 0 radical (unpaired) electrons. The van der Waals surface area contributed by atoms with E-state index in [9.17, 15) is 9.18 Å². The van der Waals surface area contributed by atoms with Crippen LogP contribution in [0.3, 0.4) is 0 Å². The van der Waals surface area contributed by atoms with Gasteiger partial charge in [0, 0.05) is 3.57 Å². The van der Waals surface area contributed by atoms with Crippen molar-refractivity contribution >= 4 is 51.5 Å². The first-order chi connectivity index (χ1) is 8.99. The predicted octanol–water partition coefficient (Wildman–Crippen LogP) is 3.92. The van der Waals surface area contributed by atoms with Gasteiger partial charge >= 0.3 is 0 Å². The molecule has 0 fully saturated rings. The Morgan fingerprint density at radius 3 is 2.74 bits per heavy atom. The highest BCUT2D eigenvalue weighted by atomic mass is 127. The van der Waals surface area contributed by atoms with Crippen molar-refractivity contribution < 1.29 is 9.18 Å². The van der Waals surface area contributed by atoms with Gasteiger partial charge < -0.3 is 11.1 Å². The molecule has 0 aliphatic heterocycles. The van der Waals surface area contributed by atoms with Crippen LogP contribution in [0.1, 0.15) is 10.4 Å². The van der Waals surface area contributed by atoms with Crippen LogP contribution in [-0.4, -0.2) is 5.91 Å². The number of para-hydroxylation sites is 1. The van der Waals surface area contributed by atoms with Crippen molar-refractivity contribution in [1.29, 1.82) is 0 Å². The summed E-state index contributed by atoms with van der Waals surface area (Å²) in [6, 6.07) is 9.27. The Balaban J connectivity index is 2.28. The summed E-state index contributed by atoms with van der Waals surface area (Å²) >= 11 is 8.12. The zero-order valence-corrected chi connectivity index (χ0v) is 12.5. The van der Waals surface area contributed by atoms with Crippen LogP contribution < -0.4 is 11.1 Å². The van der Waals surface area contributed by atoms with E-state index in [0.717, 1.165) is 3.57 Å². The quantitative estimate of drug-likeness (QED) is 0.603. The van der Waals surface area contributed by atoms with Gasteiger partial charge in [0.05, 0.1) is 22.0 Å². The molecule has 19 heavy (non-hydrogen) atoms. The molecule has 2 rings (SSSR count). The molecule has 6 heteroatoms. The van der Waals surface area contributed by atoms with Gasteiger partial charge in [-0.05, 0) is 52.9 Å². The largest absolute Gasteiger partial charge is 0.396 e. The fourth-order valence-electron chi connectivity index (χ4n) is 1.52. The Bertz CT molecular complexity index is 649. The molecule has 0 unspecified atom stereocenters. The molecule has 0 saturated heterocycles. The van der Waals surface area contributed by atoms with Crippen LogP contribution in [0.4, 0.5) is 15.8 Å². The average molecular weight is 391 g/mol. The molecule has 2 aromatic carbocycles. The lowest BCUT2D eigenvalue weighted by molar-refractivity contribution is 0.102. The van der Waals surface area contributed by atoms with Crippen LogP contribution >= 0.6 is 34.2 Å². The first-order valence-corrected chi connectivity index (χ1v) is 6.75. The van der Waals surface area contributed by atoms with Gasteiger partial charge in [-0.3, -0.25) is 4.79 Å². The van der Waals surface area contributed by atoms with Crippen molar-refractivity contribution in [3.05, 3.63) is 56.4 Å². The molecule has 2 aromatic rings. The molecule has 1 amide bonds. The number of nitrogens with two attached hydrogens (primary N) is 1. The van der Waals surface area contributed by atoms with Gasteiger partial charge in [-0.25, -0.2) is 4.39 Å². The third kappa shape index (κ3) is 3.16. The molecule has 0 spiro atoms. The Kier molecular flexibility index (Phi) is 4.26. The number of amides is 1. The van der Waals surface area contributed by atoms with E-state index in [0.29, 0.717) is 10.7 Å². The van der Waals surface area contributed by atoms with Crippen molar-refractivity contribution in [3.63, 3.8) is 0 Å². The molecule has 0 aliphatic carbocycles. The number of nitrogen functional groups attached to an aromatic ring is 1. The van der Waals surface area contributed by atoms with Gasteiger partial charge in [-0.15, -0.1) is 0 Å². The van der Waals surface area contributed by atoms with Crippen LogP contribution in [0.2, 0.25) is 5.02 Å². The number of hydrogen-bond acceptors (Lipinski definition) is 2. The summed E-state index contributed by atoms with van der Waals surface area (Å²) in [4.78, 5) is 12.0. The molecule has 0 aliphatic rings. The lowest BCUT2D eigenvalue weighted by Crippen LogP contribution is -2.15. The van der Waals surface area contributed by atoms with Gasteiger partial charge in [0.15, 0.2) is 0 Å². The third-order valence-corrected chi connectivity index (χ3v) is 3.46. The highest BCUT2D eigenvalue weighted by Crippen LogP contribution is 2.25. The number of nitrogens with one attached hydrogen (secondary N) is 1. The highest BCUT2D eigenvalue weighted by molar-refractivity contribution is 14.1. The van der Waals surface area contributed by atoms with Crippen molar-refractivity contribution in [2.24, 2.45) is 0 Å². The highest BCUT2D eigenvalue weighted by Gasteiger charge is 2.13. The first kappa shape index (κ1) is 14.1. The van der Waals surface area contributed by atoms with E-state index >= 15 is 0 Å². The summed E-state index contributed by atoms with van der Waals surface area (Å²) in [5, 5.41) is 3.01. The Morgan fingerprint density at radius 1 is 1.32 bits per heavy atom. The third-order valence-electron chi connectivity index (χ3n) is 2.48. The lowest BCUT2D eigenvalue weighted by Gasteiger charge is -2.09. The van der Waals surface area contributed by atoms with Crippen molar-refractivity contribution in [2.75, 3.05) is 11.1 Å². The summed E-state index contributed by atoms with van der Waals surface area (Å²) in [7, 11) is 0. The van der Waals surface area contributed by atoms with Gasteiger partial charge in [-0.2, -0.15) is 0 Å². The summed E-state index contributed by atoms with van der Waals surface area (Å²) in [5.74, 6) is -1.12. The number of benzene rings is 2. The zero-order chi connectivity index (χ0) is 14.0. The Hall–Kier alpha value is -1.34. The number of carbonyl (C=O) groups excluding carboxylic acids is 1. The maximum absolute atomic E-state index is 13.3. The normalized spacial score (nSPS) is 10.3. The molecule has 0 bridgehead atoms. The standard InChI is InChI=1S/C13H9ClFIN2O/c14-9-6-7(16)4-5-11(9)18-13(19)8-2-1-3-10(15)12(8)17/h1-6H,17H2,(H,18,19). The number of halogens is 3. The number of hydrogen-bond donors (Lipinski definition) is 2. The Labute approximate surface area is 128 Å². The van der Waals surface area contributed by atoms with Gasteiger partial charge in [0.1, 0.15) is 5.82 Å². The van der Waals surface area contributed by atoms with E-state index in [1.807, 2.05) is 0 Å². The van der Waals surface area contributed by atoms with Crippen LogP contribution in [0.25, 0.3) is 0 Å². The van der Waals surface area contributed by atoms with E-state index < -0.39 is 11.7 Å². The number of carbonyl (C=O) groups is 1. The van der Waals surface area contributed by atoms with E-state index in [1.165, 1.54) is 18.2 Å². The molecule has 0 aromatic heterocycles. The second-order valence-corrected chi connectivity index (χ2v) is 5.43. The molecule has 0 atom stereocenters. The summed E-state index contributed by atoms with van der Waals surface area (Å²) in [6.07, 6.45) is 0. The molecule has 0 saturated carbocycles. The minimum absolute atomic E-state index is 0.0783. The van der Waals surface area contributed by atoms with Crippen LogP contribution in [0.15, 0.2) is 36.4 Å². The molecular formula is C13H9ClFIN2O. The second kappa shape index (κ2) is 5.75. The number of rotatable bonds is 2. The molecular weight excluding hydrogens is 382 g/mol. The van der Waals surface area contributed by atoms with E-state index in [4.69, 9.17) is 17.3 Å².